The summed E-state index contributed by atoms with van der Waals surface area (Å²) in [6.07, 6.45) is 1.58. The van der Waals surface area contributed by atoms with Gasteiger partial charge in [0.25, 0.3) is 5.91 Å². The van der Waals surface area contributed by atoms with Crippen LogP contribution < -0.4 is 5.43 Å². The summed E-state index contributed by atoms with van der Waals surface area (Å²) in [5.41, 5.74) is 7.02. The lowest BCUT2D eigenvalue weighted by atomic mass is 10.1. The number of rotatable bonds is 5. The number of carbonyl (C=O) groups excluding carboxylic acids is 1. The molecular formula is C20H19ClN4O. The Labute approximate surface area is 157 Å². The van der Waals surface area contributed by atoms with Crippen LogP contribution in [0.1, 0.15) is 32.9 Å². The van der Waals surface area contributed by atoms with Crippen molar-refractivity contribution in [3.8, 4) is 0 Å². The van der Waals surface area contributed by atoms with Crippen molar-refractivity contribution in [2.45, 2.75) is 20.4 Å². The summed E-state index contributed by atoms with van der Waals surface area (Å²) in [5, 5.41) is 9.10. The van der Waals surface area contributed by atoms with Crippen LogP contribution >= 0.6 is 11.6 Å². The fourth-order valence-corrected chi connectivity index (χ4v) is 2.72. The first-order valence-electron chi connectivity index (χ1n) is 8.20. The summed E-state index contributed by atoms with van der Waals surface area (Å²) < 4.78 is 1.92. The van der Waals surface area contributed by atoms with Crippen molar-refractivity contribution in [3.05, 3.63) is 87.7 Å². The predicted octanol–water partition coefficient (Wildman–Crippen LogP) is 3.97. The molecule has 0 bridgehead atoms. The van der Waals surface area contributed by atoms with Crippen LogP contribution in [0.2, 0.25) is 5.02 Å². The van der Waals surface area contributed by atoms with E-state index in [1.54, 1.807) is 24.4 Å². The molecule has 26 heavy (non-hydrogen) atoms. The van der Waals surface area contributed by atoms with Crippen LogP contribution in [-0.4, -0.2) is 21.9 Å². The molecule has 0 saturated carbocycles. The molecule has 0 atom stereocenters. The van der Waals surface area contributed by atoms with Gasteiger partial charge >= 0.3 is 0 Å². The number of hydrogen-bond acceptors (Lipinski definition) is 3. The Morgan fingerprint density at radius 3 is 2.65 bits per heavy atom. The molecule has 0 saturated heterocycles. The van der Waals surface area contributed by atoms with Crippen molar-refractivity contribution in [1.29, 1.82) is 0 Å². The molecule has 0 radical (unpaired) electrons. The molecule has 0 aliphatic heterocycles. The molecule has 132 valence electrons. The van der Waals surface area contributed by atoms with E-state index in [0.717, 1.165) is 22.5 Å². The zero-order valence-corrected chi connectivity index (χ0v) is 15.4. The fraction of sp³-hybridized carbons (Fsp3) is 0.150. The molecule has 3 rings (SSSR count). The molecule has 0 fully saturated rings. The first-order chi connectivity index (χ1) is 12.5. The van der Waals surface area contributed by atoms with E-state index in [-0.39, 0.29) is 5.91 Å². The van der Waals surface area contributed by atoms with Gasteiger partial charge in [-0.05, 0) is 55.3 Å². The molecule has 1 amide bonds. The van der Waals surface area contributed by atoms with Gasteiger partial charge in [-0.1, -0.05) is 35.9 Å². The zero-order chi connectivity index (χ0) is 18.5. The summed E-state index contributed by atoms with van der Waals surface area (Å²) >= 11 is 5.84. The van der Waals surface area contributed by atoms with Gasteiger partial charge in [0.15, 0.2) is 0 Å². The number of nitrogens with one attached hydrogen (secondary N) is 1. The van der Waals surface area contributed by atoms with E-state index in [9.17, 15) is 4.79 Å². The zero-order valence-electron chi connectivity index (χ0n) is 14.6. The maximum atomic E-state index is 12.3. The second-order valence-electron chi connectivity index (χ2n) is 6.04. The average molecular weight is 367 g/mol. The lowest BCUT2D eigenvalue weighted by Gasteiger charge is -2.06. The second-order valence-corrected chi connectivity index (χ2v) is 6.47. The molecule has 2 aromatic carbocycles. The van der Waals surface area contributed by atoms with Gasteiger partial charge in [0, 0.05) is 16.3 Å². The molecule has 1 N–H and O–H groups in total. The maximum Gasteiger partial charge on any atom is 0.271 e. The van der Waals surface area contributed by atoms with Gasteiger partial charge in [0.05, 0.1) is 18.5 Å². The standard InChI is InChI=1S/C20H19ClN4O/c1-14-10-15(2)25(24-14)13-17-4-3-5-18(11-17)20(26)23-22-12-16-6-8-19(21)9-7-16/h3-12H,13H2,1-2H3,(H,23,26)/b22-12-. The van der Waals surface area contributed by atoms with Gasteiger partial charge in [-0.2, -0.15) is 10.2 Å². The van der Waals surface area contributed by atoms with Gasteiger partial charge in [0.2, 0.25) is 0 Å². The number of nitrogens with zero attached hydrogens (tertiary/aromatic N) is 3. The minimum Gasteiger partial charge on any atom is -0.267 e. The van der Waals surface area contributed by atoms with Crippen molar-refractivity contribution >= 4 is 23.7 Å². The molecule has 6 heteroatoms. The molecule has 0 aliphatic rings. The van der Waals surface area contributed by atoms with Crippen LogP contribution in [0.3, 0.4) is 0 Å². The van der Waals surface area contributed by atoms with Crippen LogP contribution in [0.4, 0.5) is 0 Å². The van der Waals surface area contributed by atoms with Crippen molar-refractivity contribution in [1.82, 2.24) is 15.2 Å². The highest BCUT2D eigenvalue weighted by Crippen LogP contribution is 2.10. The van der Waals surface area contributed by atoms with E-state index < -0.39 is 0 Å². The number of carbonyl (C=O) groups is 1. The highest BCUT2D eigenvalue weighted by molar-refractivity contribution is 6.30. The molecular weight excluding hydrogens is 348 g/mol. The van der Waals surface area contributed by atoms with Crippen molar-refractivity contribution in [3.63, 3.8) is 0 Å². The number of aryl methyl sites for hydroxylation is 2. The van der Waals surface area contributed by atoms with Crippen LogP contribution in [0.25, 0.3) is 0 Å². The van der Waals surface area contributed by atoms with Crippen molar-refractivity contribution in [2.75, 3.05) is 0 Å². The summed E-state index contributed by atoms with van der Waals surface area (Å²) in [5.74, 6) is -0.259. The highest BCUT2D eigenvalue weighted by Gasteiger charge is 2.07. The average Bonchev–Trinajstić information content (AvgIpc) is 2.94. The van der Waals surface area contributed by atoms with Crippen molar-refractivity contribution in [2.24, 2.45) is 5.10 Å². The van der Waals surface area contributed by atoms with Gasteiger partial charge in [0.1, 0.15) is 0 Å². The van der Waals surface area contributed by atoms with Crippen LogP contribution in [0.15, 0.2) is 59.7 Å². The Morgan fingerprint density at radius 2 is 1.96 bits per heavy atom. The number of amides is 1. The summed E-state index contributed by atoms with van der Waals surface area (Å²) in [6.45, 7) is 4.60. The quantitative estimate of drug-likeness (QED) is 0.548. The lowest BCUT2D eigenvalue weighted by Crippen LogP contribution is -2.18. The van der Waals surface area contributed by atoms with Crippen molar-refractivity contribution < 1.29 is 4.79 Å². The third-order valence-corrected chi connectivity index (χ3v) is 4.13. The second kappa shape index (κ2) is 7.97. The number of aromatic nitrogens is 2. The van der Waals surface area contributed by atoms with E-state index in [0.29, 0.717) is 17.1 Å². The SMILES string of the molecule is Cc1cc(C)n(Cc2cccc(C(=O)N/N=C\c3ccc(Cl)cc3)c2)n1. The Morgan fingerprint density at radius 1 is 1.19 bits per heavy atom. The Hall–Kier alpha value is -2.92. The van der Waals surface area contributed by atoms with Crippen LogP contribution in [0, 0.1) is 13.8 Å². The molecule has 0 spiro atoms. The van der Waals surface area contributed by atoms with Crippen LogP contribution in [0.5, 0.6) is 0 Å². The number of hydrazone groups is 1. The summed E-state index contributed by atoms with van der Waals surface area (Å²) in [6, 6.07) is 16.7. The van der Waals surface area contributed by atoms with E-state index in [4.69, 9.17) is 11.6 Å². The predicted molar refractivity (Wildman–Crippen MR) is 104 cm³/mol. The van der Waals surface area contributed by atoms with E-state index in [2.05, 4.69) is 15.6 Å². The molecule has 1 aromatic heterocycles. The Kier molecular flexibility index (Phi) is 5.49. The van der Waals surface area contributed by atoms with Gasteiger partial charge < -0.3 is 0 Å². The first kappa shape index (κ1) is 17.9. The fourth-order valence-electron chi connectivity index (χ4n) is 2.60. The van der Waals surface area contributed by atoms with E-state index in [1.807, 2.05) is 54.9 Å². The van der Waals surface area contributed by atoms with Crippen LogP contribution in [-0.2, 0) is 6.54 Å². The van der Waals surface area contributed by atoms with E-state index in [1.165, 1.54) is 0 Å². The number of halogens is 1. The smallest absolute Gasteiger partial charge is 0.267 e. The molecule has 0 unspecified atom stereocenters. The van der Waals surface area contributed by atoms with E-state index >= 15 is 0 Å². The van der Waals surface area contributed by atoms with Gasteiger partial charge in [-0.3, -0.25) is 9.48 Å². The number of hydrogen-bond donors (Lipinski definition) is 1. The third kappa shape index (κ3) is 4.58. The Balaban J connectivity index is 1.66. The minimum atomic E-state index is -0.259. The molecule has 1 heterocycles. The maximum absolute atomic E-state index is 12.3. The lowest BCUT2D eigenvalue weighted by molar-refractivity contribution is 0.0955. The monoisotopic (exact) mass is 366 g/mol. The molecule has 5 nitrogen and oxygen atoms in total. The normalized spacial score (nSPS) is 11.0. The molecule has 3 aromatic rings. The minimum absolute atomic E-state index is 0.259. The third-order valence-electron chi connectivity index (χ3n) is 3.87. The first-order valence-corrected chi connectivity index (χ1v) is 8.58. The van der Waals surface area contributed by atoms with Gasteiger partial charge in [-0.25, -0.2) is 5.43 Å². The molecule has 0 aliphatic carbocycles. The summed E-state index contributed by atoms with van der Waals surface area (Å²) in [4.78, 5) is 12.3. The number of benzene rings is 2. The summed E-state index contributed by atoms with van der Waals surface area (Å²) in [7, 11) is 0. The Bertz CT molecular complexity index is 945. The largest absolute Gasteiger partial charge is 0.271 e. The van der Waals surface area contributed by atoms with Gasteiger partial charge in [-0.15, -0.1) is 0 Å². The topological polar surface area (TPSA) is 59.3 Å². The highest BCUT2D eigenvalue weighted by atomic mass is 35.5.